The lowest BCUT2D eigenvalue weighted by Gasteiger charge is -2.08. The normalized spacial score (nSPS) is 10.7. The molecule has 0 aliphatic rings. The van der Waals surface area contributed by atoms with Gasteiger partial charge in [-0.15, -0.1) is 11.6 Å². The Bertz CT molecular complexity index is 831. The molecule has 1 aromatic heterocycles. The number of imidazole rings is 1. The standard InChI is InChI=1S/C16H11ClFN3/c17-8-7-16-20-14-6-1-11(10-19)9-15(14)21(16)13-4-2-12(18)3-5-13/h1-6,9H,7-8H2. The minimum absolute atomic E-state index is 0.292. The molecule has 0 atom stereocenters. The third-order valence-corrected chi connectivity index (χ3v) is 3.44. The summed E-state index contributed by atoms with van der Waals surface area (Å²) in [4.78, 5) is 4.55. The Morgan fingerprint density at radius 2 is 1.95 bits per heavy atom. The number of aryl methyl sites for hydroxylation is 1. The molecule has 0 N–H and O–H groups in total. The lowest BCUT2D eigenvalue weighted by Crippen LogP contribution is -2.02. The average molecular weight is 300 g/mol. The second kappa shape index (κ2) is 5.55. The van der Waals surface area contributed by atoms with Gasteiger partial charge in [0.25, 0.3) is 0 Å². The van der Waals surface area contributed by atoms with Gasteiger partial charge in [0.05, 0.1) is 22.7 Å². The molecule has 5 heteroatoms. The molecule has 0 fully saturated rings. The summed E-state index contributed by atoms with van der Waals surface area (Å²) >= 11 is 5.84. The van der Waals surface area contributed by atoms with Gasteiger partial charge in [0.15, 0.2) is 0 Å². The molecule has 0 bridgehead atoms. The van der Waals surface area contributed by atoms with Crippen molar-refractivity contribution >= 4 is 22.6 Å². The Kier molecular flexibility index (Phi) is 3.59. The van der Waals surface area contributed by atoms with Crippen LogP contribution in [0.25, 0.3) is 16.7 Å². The number of hydrogen-bond acceptors (Lipinski definition) is 2. The number of fused-ring (bicyclic) bond motifs is 1. The highest BCUT2D eigenvalue weighted by atomic mass is 35.5. The number of alkyl halides is 1. The fourth-order valence-electron chi connectivity index (χ4n) is 2.33. The van der Waals surface area contributed by atoms with Crippen LogP contribution in [-0.4, -0.2) is 15.4 Å². The van der Waals surface area contributed by atoms with Crippen LogP contribution in [0.5, 0.6) is 0 Å². The average Bonchev–Trinajstić information content (AvgIpc) is 2.85. The second-order valence-corrected chi connectivity index (χ2v) is 4.97. The van der Waals surface area contributed by atoms with Crippen molar-refractivity contribution in [1.82, 2.24) is 9.55 Å². The summed E-state index contributed by atoms with van der Waals surface area (Å²) in [6, 6.07) is 13.6. The molecule has 21 heavy (non-hydrogen) atoms. The second-order valence-electron chi connectivity index (χ2n) is 4.59. The number of benzene rings is 2. The zero-order valence-electron chi connectivity index (χ0n) is 11.1. The first-order valence-corrected chi connectivity index (χ1v) is 7.00. The molecule has 3 rings (SSSR count). The van der Waals surface area contributed by atoms with E-state index < -0.39 is 0 Å². The van der Waals surface area contributed by atoms with E-state index in [2.05, 4.69) is 11.1 Å². The van der Waals surface area contributed by atoms with Crippen LogP contribution in [-0.2, 0) is 6.42 Å². The predicted octanol–water partition coefficient (Wildman–Crippen LogP) is 3.82. The topological polar surface area (TPSA) is 41.6 Å². The molecule has 0 unspecified atom stereocenters. The van der Waals surface area contributed by atoms with Gasteiger partial charge in [0, 0.05) is 18.0 Å². The highest BCUT2D eigenvalue weighted by molar-refractivity contribution is 6.17. The van der Waals surface area contributed by atoms with Crippen molar-refractivity contribution in [3.05, 3.63) is 59.7 Å². The highest BCUT2D eigenvalue weighted by Gasteiger charge is 2.12. The fourth-order valence-corrected chi connectivity index (χ4v) is 2.49. The molecular weight excluding hydrogens is 289 g/mol. The van der Waals surface area contributed by atoms with E-state index in [4.69, 9.17) is 16.9 Å². The van der Waals surface area contributed by atoms with Crippen molar-refractivity contribution in [3.63, 3.8) is 0 Å². The first kappa shape index (κ1) is 13.6. The summed E-state index contributed by atoms with van der Waals surface area (Å²) in [5, 5.41) is 9.05. The highest BCUT2D eigenvalue weighted by Crippen LogP contribution is 2.23. The van der Waals surface area contributed by atoms with Crippen molar-refractivity contribution in [3.8, 4) is 11.8 Å². The number of halogens is 2. The summed E-state index contributed by atoms with van der Waals surface area (Å²) in [6.45, 7) is 0. The number of rotatable bonds is 3. The first-order chi connectivity index (χ1) is 10.2. The minimum Gasteiger partial charge on any atom is -0.296 e. The largest absolute Gasteiger partial charge is 0.296 e. The van der Waals surface area contributed by atoms with Crippen molar-refractivity contribution in [2.24, 2.45) is 0 Å². The van der Waals surface area contributed by atoms with Crippen LogP contribution in [0.4, 0.5) is 4.39 Å². The zero-order valence-corrected chi connectivity index (χ0v) is 11.8. The Balaban J connectivity index is 2.28. The van der Waals surface area contributed by atoms with Gasteiger partial charge >= 0.3 is 0 Å². The van der Waals surface area contributed by atoms with Crippen LogP contribution in [0.3, 0.4) is 0 Å². The monoisotopic (exact) mass is 299 g/mol. The molecule has 1 heterocycles. The molecular formula is C16H11ClFN3. The molecule has 3 aromatic rings. The van der Waals surface area contributed by atoms with Crippen molar-refractivity contribution < 1.29 is 4.39 Å². The maximum atomic E-state index is 13.1. The van der Waals surface area contributed by atoms with Gasteiger partial charge in [-0.3, -0.25) is 4.57 Å². The van der Waals surface area contributed by atoms with Gasteiger partial charge < -0.3 is 0 Å². The van der Waals surface area contributed by atoms with Crippen LogP contribution in [0.1, 0.15) is 11.4 Å². The summed E-state index contributed by atoms with van der Waals surface area (Å²) in [6.07, 6.45) is 0.593. The summed E-state index contributed by atoms with van der Waals surface area (Å²) in [5.41, 5.74) is 2.97. The lowest BCUT2D eigenvalue weighted by molar-refractivity contribution is 0.627. The van der Waals surface area contributed by atoms with Crippen molar-refractivity contribution in [2.75, 3.05) is 5.88 Å². The first-order valence-electron chi connectivity index (χ1n) is 6.46. The van der Waals surface area contributed by atoms with Crippen LogP contribution >= 0.6 is 11.6 Å². The molecule has 3 nitrogen and oxygen atoms in total. The van der Waals surface area contributed by atoms with Gasteiger partial charge in [0.1, 0.15) is 11.6 Å². The number of nitrogens with zero attached hydrogens (tertiary/aromatic N) is 3. The molecule has 0 saturated carbocycles. The lowest BCUT2D eigenvalue weighted by atomic mass is 10.2. The number of nitriles is 1. The molecule has 0 aliphatic heterocycles. The van der Waals surface area contributed by atoms with E-state index in [1.807, 2.05) is 10.6 Å². The summed E-state index contributed by atoms with van der Waals surface area (Å²) in [5.74, 6) is 0.941. The number of hydrogen-bond donors (Lipinski definition) is 0. The molecule has 0 amide bonds. The van der Waals surface area contributed by atoms with Crippen LogP contribution in [0.2, 0.25) is 0 Å². The van der Waals surface area contributed by atoms with E-state index >= 15 is 0 Å². The van der Waals surface area contributed by atoms with Gasteiger partial charge in [-0.25, -0.2) is 9.37 Å². The molecule has 0 spiro atoms. The molecule has 0 radical (unpaired) electrons. The van der Waals surface area contributed by atoms with Crippen LogP contribution in [0, 0.1) is 17.1 Å². The maximum absolute atomic E-state index is 13.1. The maximum Gasteiger partial charge on any atom is 0.123 e. The van der Waals surface area contributed by atoms with Gasteiger partial charge in [0.2, 0.25) is 0 Å². The molecule has 104 valence electrons. The van der Waals surface area contributed by atoms with Gasteiger partial charge in [-0.05, 0) is 42.5 Å². The molecule has 0 saturated heterocycles. The Hall–Kier alpha value is -2.38. The predicted molar refractivity (Wildman–Crippen MR) is 80.2 cm³/mol. The minimum atomic E-state index is -0.292. The SMILES string of the molecule is N#Cc1ccc2nc(CCCl)n(-c3ccc(F)cc3)c2c1. The zero-order chi connectivity index (χ0) is 14.8. The Morgan fingerprint density at radius 1 is 1.19 bits per heavy atom. The van der Waals surface area contributed by atoms with Crippen LogP contribution in [0.15, 0.2) is 42.5 Å². The van der Waals surface area contributed by atoms with E-state index in [9.17, 15) is 4.39 Å². The Labute approximate surface area is 126 Å². The molecule has 2 aromatic carbocycles. The van der Waals surface area contributed by atoms with E-state index in [0.717, 1.165) is 22.5 Å². The smallest absolute Gasteiger partial charge is 0.123 e. The quantitative estimate of drug-likeness (QED) is 0.690. The number of aromatic nitrogens is 2. The third-order valence-electron chi connectivity index (χ3n) is 3.26. The van der Waals surface area contributed by atoms with E-state index in [1.165, 1.54) is 12.1 Å². The van der Waals surface area contributed by atoms with Crippen molar-refractivity contribution in [1.29, 1.82) is 5.26 Å². The summed E-state index contributed by atoms with van der Waals surface area (Å²) in [7, 11) is 0. The van der Waals surface area contributed by atoms with E-state index in [0.29, 0.717) is 17.9 Å². The third kappa shape index (κ3) is 2.48. The van der Waals surface area contributed by atoms with Gasteiger partial charge in [-0.2, -0.15) is 5.26 Å². The fraction of sp³-hybridized carbons (Fsp3) is 0.125. The Morgan fingerprint density at radius 3 is 2.62 bits per heavy atom. The van der Waals surface area contributed by atoms with Crippen LogP contribution < -0.4 is 0 Å². The molecule has 0 aliphatic carbocycles. The van der Waals surface area contributed by atoms with E-state index in [1.54, 1.807) is 24.3 Å². The van der Waals surface area contributed by atoms with E-state index in [-0.39, 0.29) is 5.82 Å². The summed E-state index contributed by atoms with van der Waals surface area (Å²) < 4.78 is 15.0. The van der Waals surface area contributed by atoms with Gasteiger partial charge in [-0.1, -0.05) is 0 Å². The van der Waals surface area contributed by atoms with Crippen molar-refractivity contribution in [2.45, 2.75) is 6.42 Å².